The molecule has 0 radical (unpaired) electrons. The second-order valence-corrected chi connectivity index (χ2v) is 7.35. The number of nitrogens with two attached hydrogens (primary N) is 1. The van der Waals surface area contributed by atoms with E-state index >= 15 is 0 Å². The summed E-state index contributed by atoms with van der Waals surface area (Å²) in [5.74, 6) is 0.366. The summed E-state index contributed by atoms with van der Waals surface area (Å²) >= 11 is 0. The molecule has 1 amide bonds. The Balaban J connectivity index is 1.76. The molecule has 5 heteroatoms. The molecule has 1 atom stereocenters. The topological polar surface area (TPSA) is 61.6 Å². The monoisotopic (exact) mass is 332 g/mol. The van der Waals surface area contributed by atoms with Crippen molar-refractivity contribution in [2.75, 3.05) is 33.2 Å². The predicted octanol–water partition coefficient (Wildman–Crippen LogP) is 1.42. The van der Waals surface area contributed by atoms with Crippen LogP contribution in [0.15, 0.2) is 24.3 Å². The van der Waals surface area contributed by atoms with E-state index in [4.69, 9.17) is 5.73 Å². The van der Waals surface area contributed by atoms with Gasteiger partial charge < -0.3 is 16.0 Å². The van der Waals surface area contributed by atoms with Crippen LogP contribution < -0.4 is 11.1 Å². The average molecular weight is 332 g/mol. The van der Waals surface area contributed by atoms with Gasteiger partial charge >= 0.3 is 0 Å². The lowest BCUT2D eigenvalue weighted by atomic mass is 10.0. The first-order chi connectivity index (χ1) is 11.4. The molecular formula is C19H32N4O. The zero-order valence-corrected chi connectivity index (χ0v) is 15.3. The fourth-order valence-corrected chi connectivity index (χ4v) is 2.96. The number of amides is 1. The van der Waals surface area contributed by atoms with E-state index in [-0.39, 0.29) is 5.91 Å². The molecule has 3 N–H and O–H groups in total. The van der Waals surface area contributed by atoms with Crippen LogP contribution in [0.2, 0.25) is 0 Å². The molecule has 5 nitrogen and oxygen atoms in total. The normalized spacial score (nSPS) is 17.9. The molecule has 1 aliphatic rings. The van der Waals surface area contributed by atoms with Gasteiger partial charge in [-0.3, -0.25) is 9.69 Å². The summed E-state index contributed by atoms with van der Waals surface area (Å²) in [6.45, 7) is 10.2. The van der Waals surface area contributed by atoms with Crippen molar-refractivity contribution in [3.8, 4) is 0 Å². The lowest BCUT2D eigenvalue weighted by Gasteiger charge is -2.32. The quantitative estimate of drug-likeness (QED) is 0.793. The Morgan fingerprint density at radius 2 is 1.71 bits per heavy atom. The number of carbonyl (C=O) groups is 1. The Kier molecular flexibility index (Phi) is 7.21. The highest BCUT2D eigenvalue weighted by atomic mass is 16.2. The number of nitrogens with one attached hydrogen (secondary N) is 1. The summed E-state index contributed by atoms with van der Waals surface area (Å²) in [4.78, 5) is 16.8. The maximum absolute atomic E-state index is 12.0. The lowest BCUT2D eigenvalue weighted by molar-refractivity contribution is -0.122. The highest BCUT2D eigenvalue weighted by molar-refractivity contribution is 5.81. The van der Waals surface area contributed by atoms with Gasteiger partial charge in [0, 0.05) is 39.3 Å². The summed E-state index contributed by atoms with van der Waals surface area (Å²) in [7, 11) is 2.17. The molecule has 0 spiro atoms. The van der Waals surface area contributed by atoms with Crippen molar-refractivity contribution in [2.24, 2.45) is 11.7 Å². The molecule has 1 fully saturated rings. The Labute approximate surface area is 146 Å². The van der Waals surface area contributed by atoms with E-state index < -0.39 is 6.04 Å². The number of hydrogen-bond acceptors (Lipinski definition) is 4. The van der Waals surface area contributed by atoms with Gasteiger partial charge in [0.25, 0.3) is 0 Å². The molecule has 134 valence electrons. The zero-order valence-electron chi connectivity index (χ0n) is 15.3. The van der Waals surface area contributed by atoms with Gasteiger partial charge in [-0.15, -0.1) is 0 Å². The first kappa shape index (κ1) is 18.9. The van der Waals surface area contributed by atoms with Crippen LogP contribution in [-0.4, -0.2) is 55.0 Å². The molecule has 1 aliphatic heterocycles. The van der Waals surface area contributed by atoms with Crippen molar-refractivity contribution < 1.29 is 4.79 Å². The predicted molar refractivity (Wildman–Crippen MR) is 98.5 cm³/mol. The van der Waals surface area contributed by atoms with E-state index in [1.165, 1.54) is 5.56 Å². The molecule has 1 saturated heterocycles. The Morgan fingerprint density at radius 1 is 1.12 bits per heavy atom. The van der Waals surface area contributed by atoms with E-state index in [1.807, 2.05) is 0 Å². The molecule has 0 aliphatic carbocycles. The van der Waals surface area contributed by atoms with E-state index in [1.54, 1.807) is 0 Å². The van der Waals surface area contributed by atoms with Crippen molar-refractivity contribution in [1.29, 1.82) is 0 Å². The van der Waals surface area contributed by atoms with Crippen molar-refractivity contribution in [3.63, 3.8) is 0 Å². The molecule has 1 aromatic rings. The first-order valence-corrected chi connectivity index (χ1v) is 8.96. The van der Waals surface area contributed by atoms with Crippen LogP contribution in [0, 0.1) is 5.92 Å². The summed E-state index contributed by atoms with van der Waals surface area (Å²) in [5.41, 5.74) is 8.34. The largest absolute Gasteiger partial charge is 0.351 e. The number of piperazine rings is 1. The van der Waals surface area contributed by atoms with Gasteiger partial charge in [-0.05, 0) is 30.5 Å². The Morgan fingerprint density at radius 3 is 2.29 bits per heavy atom. The number of benzene rings is 1. The number of likely N-dealkylation sites (N-methyl/N-ethyl adjacent to an activating group) is 1. The summed E-state index contributed by atoms with van der Waals surface area (Å²) < 4.78 is 0. The van der Waals surface area contributed by atoms with Gasteiger partial charge in [-0.1, -0.05) is 38.1 Å². The van der Waals surface area contributed by atoms with Gasteiger partial charge in [0.15, 0.2) is 0 Å². The van der Waals surface area contributed by atoms with Crippen molar-refractivity contribution in [3.05, 3.63) is 35.4 Å². The van der Waals surface area contributed by atoms with Crippen LogP contribution in [0.3, 0.4) is 0 Å². The van der Waals surface area contributed by atoms with Crippen molar-refractivity contribution in [1.82, 2.24) is 15.1 Å². The maximum Gasteiger partial charge on any atom is 0.237 e. The van der Waals surface area contributed by atoms with Crippen LogP contribution in [0.5, 0.6) is 0 Å². The van der Waals surface area contributed by atoms with Crippen LogP contribution in [-0.2, 0) is 17.9 Å². The highest BCUT2D eigenvalue weighted by Gasteiger charge is 2.15. The van der Waals surface area contributed by atoms with Crippen LogP contribution in [0.25, 0.3) is 0 Å². The third-order valence-electron chi connectivity index (χ3n) is 4.55. The smallest absolute Gasteiger partial charge is 0.237 e. The lowest BCUT2D eigenvalue weighted by Crippen LogP contribution is -2.43. The summed E-state index contributed by atoms with van der Waals surface area (Å²) in [6.07, 6.45) is 0.718. The van der Waals surface area contributed by atoms with Gasteiger partial charge in [-0.2, -0.15) is 0 Å². The summed E-state index contributed by atoms with van der Waals surface area (Å²) in [5, 5.41) is 2.93. The second-order valence-electron chi connectivity index (χ2n) is 7.35. The van der Waals surface area contributed by atoms with Crippen LogP contribution in [0.1, 0.15) is 31.4 Å². The molecule has 1 heterocycles. The van der Waals surface area contributed by atoms with Gasteiger partial charge in [0.05, 0.1) is 6.04 Å². The molecule has 1 aromatic carbocycles. The van der Waals surface area contributed by atoms with Crippen LogP contribution >= 0.6 is 0 Å². The van der Waals surface area contributed by atoms with E-state index in [0.29, 0.717) is 12.5 Å². The third-order valence-corrected chi connectivity index (χ3v) is 4.55. The molecule has 0 aromatic heterocycles. The Bertz CT molecular complexity index is 507. The van der Waals surface area contributed by atoms with Crippen molar-refractivity contribution in [2.45, 2.75) is 39.4 Å². The number of rotatable bonds is 7. The average Bonchev–Trinajstić information content (AvgIpc) is 2.55. The summed E-state index contributed by atoms with van der Waals surface area (Å²) in [6, 6.07) is 8.10. The molecule has 2 rings (SSSR count). The SMILES string of the molecule is CC(C)C[C@H](N)C(=O)NCc1ccc(CN2CCN(C)CC2)cc1. The molecular weight excluding hydrogens is 300 g/mol. The highest BCUT2D eigenvalue weighted by Crippen LogP contribution is 2.10. The minimum absolute atomic E-state index is 0.0646. The zero-order chi connectivity index (χ0) is 17.5. The Hall–Kier alpha value is -1.43. The number of nitrogens with zero attached hydrogens (tertiary/aromatic N) is 2. The molecule has 24 heavy (non-hydrogen) atoms. The first-order valence-electron chi connectivity index (χ1n) is 8.96. The maximum atomic E-state index is 12.0. The molecule has 0 bridgehead atoms. The van der Waals surface area contributed by atoms with Gasteiger partial charge in [0.1, 0.15) is 0 Å². The van der Waals surface area contributed by atoms with E-state index in [2.05, 4.69) is 60.3 Å². The third kappa shape index (κ3) is 6.23. The van der Waals surface area contributed by atoms with E-state index in [0.717, 1.165) is 44.7 Å². The number of carbonyl (C=O) groups excluding carboxylic acids is 1. The minimum atomic E-state index is -0.415. The minimum Gasteiger partial charge on any atom is -0.351 e. The van der Waals surface area contributed by atoms with Crippen LogP contribution in [0.4, 0.5) is 0 Å². The number of hydrogen-bond donors (Lipinski definition) is 2. The molecule has 0 saturated carbocycles. The second kappa shape index (κ2) is 9.16. The van der Waals surface area contributed by atoms with E-state index in [9.17, 15) is 4.79 Å². The fourth-order valence-electron chi connectivity index (χ4n) is 2.96. The van der Waals surface area contributed by atoms with Gasteiger partial charge in [-0.25, -0.2) is 0 Å². The standard InChI is InChI=1S/C19H32N4O/c1-15(2)12-18(20)19(24)21-13-16-4-6-17(7-5-16)14-23-10-8-22(3)9-11-23/h4-7,15,18H,8-14,20H2,1-3H3,(H,21,24)/t18-/m0/s1. The van der Waals surface area contributed by atoms with Crippen molar-refractivity contribution >= 4 is 5.91 Å². The van der Waals surface area contributed by atoms with Gasteiger partial charge in [0.2, 0.25) is 5.91 Å². The fraction of sp³-hybridized carbons (Fsp3) is 0.632. The molecule has 0 unspecified atom stereocenters.